The highest BCUT2D eigenvalue weighted by Gasteiger charge is 2.50. The number of aryl methyl sites for hydroxylation is 1. The van der Waals surface area contributed by atoms with Gasteiger partial charge in [0.15, 0.2) is 0 Å². The standard InChI is InChI=1S/C35H46ClNO6/c1-5-7-9-10-11-19-37-23-34(18-12-13-26-21-28(36)15-16-29(26)34)24-43-31-17-14-27(22-30(31)37)35(40,33(39)41-4)25(3)32(38)42-20-8-6-2/h5,14-17,21-22,25,40H,1,6-13,18-20,23-24H2,2-4H3/t25-,34+,35+/m1/s1. The molecule has 0 amide bonds. The van der Waals surface area contributed by atoms with Crippen LogP contribution in [0.4, 0.5) is 5.69 Å². The van der Waals surface area contributed by atoms with Crippen LogP contribution < -0.4 is 9.64 Å². The maximum absolute atomic E-state index is 13.2. The molecule has 234 valence electrons. The van der Waals surface area contributed by atoms with Crippen molar-refractivity contribution in [3.8, 4) is 5.75 Å². The number of allylic oxidation sites excluding steroid dienone is 1. The van der Waals surface area contributed by atoms with Gasteiger partial charge in [0, 0.05) is 23.5 Å². The van der Waals surface area contributed by atoms with Crippen molar-refractivity contribution in [2.45, 2.75) is 82.7 Å². The largest absolute Gasteiger partial charge is 0.490 e. The number of unbranched alkanes of at least 4 members (excludes halogenated alkanes) is 4. The zero-order valence-corrected chi connectivity index (χ0v) is 26.6. The number of carbonyl (C=O) groups excluding carboxylic acids is 2. The van der Waals surface area contributed by atoms with Gasteiger partial charge < -0.3 is 24.2 Å². The van der Waals surface area contributed by atoms with Gasteiger partial charge in [-0.05, 0) is 92.8 Å². The molecule has 2 aromatic carbocycles. The van der Waals surface area contributed by atoms with Gasteiger partial charge in [-0.1, -0.05) is 49.6 Å². The van der Waals surface area contributed by atoms with E-state index in [-0.39, 0.29) is 17.6 Å². The number of esters is 2. The Balaban J connectivity index is 1.74. The fourth-order valence-corrected chi connectivity index (χ4v) is 6.66. The number of halogens is 1. The summed E-state index contributed by atoms with van der Waals surface area (Å²) < 4.78 is 17.0. The second-order valence-electron chi connectivity index (χ2n) is 12.0. The first-order valence-corrected chi connectivity index (χ1v) is 16.0. The molecule has 1 aliphatic heterocycles. The molecular formula is C35H46ClNO6. The van der Waals surface area contributed by atoms with Crippen LogP contribution in [0.2, 0.25) is 5.02 Å². The normalized spacial score (nSPS) is 19.7. The molecule has 1 aliphatic carbocycles. The molecule has 0 saturated heterocycles. The van der Waals surface area contributed by atoms with Crippen molar-refractivity contribution >= 4 is 29.2 Å². The number of benzene rings is 2. The number of carbonyl (C=O) groups is 2. The van der Waals surface area contributed by atoms with E-state index in [1.165, 1.54) is 25.2 Å². The van der Waals surface area contributed by atoms with Crippen LogP contribution in [0.1, 0.15) is 81.9 Å². The zero-order valence-electron chi connectivity index (χ0n) is 25.8. The monoisotopic (exact) mass is 611 g/mol. The van der Waals surface area contributed by atoms with E-state index in [0.29, 0.717) is 25.3 Å². The molecule has 7 nitrogen and oxygen atoms in total. The SMILES string of the molecule is C=CCCCCCN1C[C@@]2(CCCc3cc(Cl)ccc32)COc2ccc([C@](O)(C(=O)OC)[C@H](C)C(=O)OCCCC)cc21. The average molecular weight is 612 g/mol. The summed E-state index contributed by atoms with van der Waals surface area (Å²) in [6, 6.07) is 11.4. The van der Waals surface area contributed by atoms with Crippen LogP contribution in [-0.2, 0) is 36.5 Å². The maximum atomic E-state index is 13.2. The Labute approximate surface area is 261 Å². The Morgan fingerprint density at radius 2 is 2.02 bits per heavy atom. The van der Waals surface area contributed by atoms with Crippen LogP contribution >= 0.6 is 11.6 Å². The Morgan fingerprint density at radius 3 is 2.77 bits per heavy atom. The summed E-state index contributed by atoms with van der Waals surface area (Å²) in [5.41, 5.74) is 1.10. The van der Waals surface area contributed by atoms with E-state index in [0.717, 1.165) is 68.6 Å². The number of aliphatic hydroxyl groups is 1. The van der Waals surface area contributed by atoms with Gasteiger partial charge in [-0.25, -0.2) is 4.79 Å². The molecule has 1 N–H and O–H groups in total. The van der Waals surface area contributed by atoms with E-state index < -0.39 is 23.5 Å². The van der Waals surface area contributed by atoms with Crippen LogP contribution in [0.3, 0.4) is 0 Å². The fraction of sp³-hybridized carbons (Fsp3) is 0.543. The summed E-state index contributed by atoms with van der Waals surface area (Å²) in [4.78, 5) is 28.5. The van der Waals surface area contributed by atoms with Crippen LogP contribution in [-0.4, -0.2) is 50.5 Å². The summed E-state index contributed by atoms with van der Waals surface area (Å²) in [5, 5.41) is 12.7. The smallest absolute Gasteiger partial charge is 0.343 e. The van der Waals surface area contributed by atoms with E-state index in [9.17, 15) is 14.7 Å². The molecule has 1 spiro atoms. The lowest BCUT2D eigenvalue weighted by atomic mass is 9.70. The summed E-state index contributed by atoms with van der Waals surface area (Å²) >= 11 is 6.39. The molecular weight excluding hydrogens is 566 g/mol. The van der Waals surface area contributed by atoms with Crippen LogP contribution in [0.5, 0.6) is 5.75 Å². The van der Waals surface area contributed by atoms with Gasteiger partial charge in [-0.2, -0.15) is 0 Å². The number of methoxy groups -OCH3 is 1. The lowest BCUT2D eigenvalue weighted by molar-refractivity contribution is -0.180. The Hall–Kier alpha value is -3.03. The zero-order chi connectivity index (χ0) is 31.0. The number of anilines is 1. The molecule has 0 fully saturated rings. The highest BCUT2D eigenvalue weighted by Crippen LogP contribution is 2.46. The van der Waals surface area contributed by atoms with E-state index in [1.807, 2.05) is 19.1 Å². The third-order valence-corrected chi connectivity index (χ3v) is 9.27. The van der Waals surface area contributed by atoms with Crippen LogP contribution in [0.25, 0.3) is 0 Å². The Morgan fingerprint density at radius 1 is 1.21 bits per heavy atom. The first kappa shape index (κ1) is 32.9. The van der Waals surface area contributed by atoms with Crippen molar-refractivity contribution in [1.29, 1.82) is 0 Å². The van der Waals surface area contributed by atoms with E-state index >= 15 is 0 Å². The van der Waals surface area contributed by atoms with Gasteiger partial charge >= 0.3 is 11.9 Å². The number of ether oxygens (including phenoxy) is 3. The molecule has 3 atom stereocenters. The van der Waals surface area contributed by atoms with Crippen LogP contribution in [0, 0.1) is 5.92 Å². The second kappa shape index (κ2) is 14.6. The summed E-state index contributed by atoms with van der Waals surface area (Å²) in [6.45, 7) is 9.56. The van der Waals surface area contributed by atoms with Crippen molar-refractivity contribution in [2.75, 3.05) is 38.3 Å². The van der Waals surface area contributed by atoms with Crippen molar-refractivity contribution in [1.82, 2.24) is 0 Å². The first-order valence-electron chi connectivity index (χ1n) is 15.6. The molecule has 2 aliphatic rings. The number of fused-ring (bicyclic) bond motifs is 3. The highest BCUT2D eigenvalue weighted by molar-refractivity contribution is 6.30. The van der Waals surface area contributed by atoms with E-state index in [2.05, 4.69) is 23.6 Å². The molecule has 0 aromatic heterocycles. The van der Waals surface area contributed by atoms with Gasteiger partial charge in [-0.15, -0.1) is 6.58 Å². The fourth-order valence-electron chi connectivity index (χ4n) is 6.47. The van der Waals surface area contributed by atoms with Gasteiger partial charge in [0.25, 0.3) is 0 Å². The van der Waals surface area contributed by atoms with Crippen molar-refractivity contribution in [3.63, 3.8) is 0 Å². The highest BCUT2D eigenvalue weighted by atomic mass is 35.5. The minimum atomic E-state index is -2.24. The quantitative estimate of drug-likeness (QED) is 0.150. The summed E-state index contributed by atoms with van der Waals surface area (Å²) in [5.74, 6) is -2.07. The number of hydrogen-bond donors (Lipinski definition) is 1. The second-order valence-corrected chi connectivity index (χ2v) is 12.4. The molecule has 43 heavy (non-hydrogen) atoms. The first-order chi connectivity index (χ1) is 20.7. The maximum Gasteiger partial charge on any atom is 0.343 e. The Bertz CT molecular complexity index is 1300. The summed E-state index contributed by atoms with van der Waals surface area (Å²) in [7, 11) is 1.21. The third kappa shape index (κ3) is 7.04. The van der Waals surface area contributed by atoms with E-state index in [4.69, 9.17) is 25.8 Å². The number of nitrogens with zero attached hydrogens (tertiary/aromatic N) is 1. The van der Waals surface area contributed by atoms with Gasteiger partial charge in [-0.3, -0.25) is 4.79 Å². The van der Waals surface area contributed by atoms with Gasteiger partial charge in [0.1, 0.15) is 5.75 Å². The predicted octanol–water partition coefficient (Wildman–Crippen LogP) is 6.90. The van der Waals surface area contributed by atoms with Crippen molar-refractivity contribution < 1.29 is 28.9 Å². The molecule has 8 heteroatoms. The number of rotatable bonds is 13. The Kier molecular flexibility index (Phi) is 11.2. The number of hydrogen-bond acceptors (Lipinski definition) is 7. The van der Waals surface area contributed by atoms with Gasteiger partial charge in [0.2, 0.25) is 5.60 Å². The van der Waals surface area contributed by atoms with E-state index in [1.54, 1.807) is 18.2 Å². The van der Waals surface area contributed by atoms with Crippen LogP contribution in [0.15, 0.2) is 49.1 Å². The molecule has 1 heterocycles. The average Bonchev–Trinajstić information content (AvgIpc) is 3.16. The molecule has 2 aromatic rings. The minimum absolute atomic E-state index is 0.226. The lowest BCUT2D eigenvalue weighted by Gasteiger charge is -2.41. The molecule has 4 rings (SSSR count). The topological polar surface area (TPSA) is 85.3 Å². The third-order valence-electron chi connectivity index (χ3n) is 9.03. The molecule has 0 bridgehead atoms. The van der Waals surface area contributed by atoms with Gasteiger partial charge in [0.05, 0.1) is 31.9 Å². The molecule has 0 saturated carbocycles. The lowest BCUT2D eigenvalue weighted by Crippen LogP contribution is -2.47. The van der Waals surface area contributed by atoms with Crippen molar-refractivity contribution in [3.05, 3.63) is 70.8 Å². The predicted molar refractivity (Wildman–Crippen MR) is 170 cm³/mol. The minimum Gasteiger partial charge on any atom is -0.490 e. The van der Waals surface area contributed by atoms with Crippen molar-refractivity contribution in [2.24, 2.45) is 5.92 Å². The molecule has 0 unspecified atom stereocenters. The molecule has 0 radical (unpaired) electrons. The summed E-state index contributed by atoms with van der Waals surface area (Å²) in [6.07, 6.45) is 10.5.